The van der Waals surface area contributed by atoms with Crippen molar-refractivity contribution in [3.8, 4) is 0 Å². The standard InChI is InChI=1S/CH4.2HI.Sb/h1H4;2*1H;/p-2. The predicted molar refractivity (Wildman–Crippen MR) is 12.5 cm³/mol. The Morgan fingerprint density at radius 3 is 0.750 bits per heavy atom. The quantitative estimate of drug-likeness (QED) is 0.285. The molecule has 29 valence electrons. The molecular formula is CH4I2Sb-2. The van der Waals surface area contributed by atoms with Gasteiger partial charge < -0.3 is 48.0 Å². The zero-order valence-corrected chi connectivity index (χ0v) is 8.07. The number of hydrogen-bond acceptors (Lipinski definition) is 0. The molecule has 0 aromatic heterocycles. The van der Waals surface area contributed by atoms with Gasteiger partial charge in [-0.1, -0.05) is 7.43 Å². The van der Waals surface area contributed by atoms with Crippen molar-refractivity contribution >= 4 is 24.4 Å². The van der Waals surface area contributed by atoms with Gasteiger partial charge in [0.1, 0.15) is 0 Å². The molecule has 0 aliphatic heterocycles. The molecule has 3 radical (unpaired) electrons. The Labute approximate surface area is 78.6 Å². The molecule has 0 nitrogen and oxygen atoms in total. The van der Waals surface area contributed by atoms with Gasteiger partial charge in [-0.25, -0.2) is 0 Å². The third-order valence-electron chi connectivity index (χ3n) is 0. The first-order valence-corrected chi connectivity index (χ1v) is 0. The van der Waals surface area contributed by atoms with E-state index in [0.717, 1.165) is 0 Å². The van der Waals surface area contributed by atoms with Gasteiger partial charge in [-0.05, 0) is 0 Å². The molecule has 0 fully saturated rings. The average molecular weight is 392 g/mol. The van der Waals surface area contributed by atoms with Crippen LogP contribution in [-0.4, -0.2) is 24.4 Å². The minimum atomic E-state index is 0. The molecule has 0 saturated heterocycles. The van der Waals surface area contributed by atoms with Crippen molar-refractivity contribution in [2.75, 3.05) is 0 Å². The van der Waals surface area contributed by atoms with Crippen LogP contribution < -0.4 is 48.0 Å². The fourth-order valence-corrected chi connectivity index (χ4v) is 0. The Balaban J connectivity index is 0. The molecule has 0 saturated carbocycles. The molecule has 4 heavy (non-hydrogen) atoms. The van der Waals surface area contributed by atoms with Crippen molar-refractivity contribution in [2.24, 2.45) is 0 Å². The fourth-order valence-electron chi connectivity index (χ4n) is 0. The van der Waals surface area contributed by atoms with Gasteiger partial charge in [0.2, 0.25) is 0 Å². The van der Waals surface area contributed by atoms with Crippen molar-refractivity contribution in [1.29, 1.82) is 0 Å². The van der Waals surface area contributed by atoms with Crippen LogP contribution in [-0.2, 0) is 0 Å². The minimum Gasteiger partial charge on any atom is -1.00 e. The Morgan fingerprint density at radius 2 is 0.750 bits per heavy atom. The Kier molecular flexibility index (Phi) is 157. The van der Waals surface area contributed by atoms with E-state index in [-0.39, 0.29) is 79.8 Å². The van der Waals surface area contributed by atoms with Crippen molar-refractivity contribution in [3.63, 3.8) is 0 Å². The number of hydrogen-bond donors (Lipinski definition) is 0. The normalized spacial score (nSPS) is 0. The topological polar surface area (TPSA) is 0 Å². The van der Waals surface area contributed by atoms with E-state index in [2.05, 4.69) is 0 Å². The molecule has 0 amide bonds. The van der Waals surface area contributed by atoms with Crippen molar-refractivity contribution in [1.82, 2.24) is 0 Å². The third kappa shape index (κ3) is 8.86. The Morgan fingerprint density at radius 1 is 0.750 bits per heavy atom. The second-order valence-corrected chi connectivity index (χ2v) is 0. The summed E-state index contributed by atoms with van der Waals surface area (Å²) in [7, 11) is 0. The van der Waals surface area contributed by atoms with E-state index < -0.39 is 0 Å². The molecule has 0 atom stereocenters. The summed E-state index contributed by atoms with van der Waals surface area (Å²) in [6.45, 7) is 0. The summed E-state index contributed by atoms with van der Waals surface area (Å²) in [6, 6.07) is 0. The van der Waals surface area contributed by atoms with Gasteiger partial charge >= 0.3 is 0 Å². The van der Waals surface area contributed by atoms with E-state index in [0.29, 0.717) is 0 Å². The second kappa shape index (κ2) is 18.6. The van der Waals surface area contributed by atoms with Gasteiger partial charge in [0, 0.05) is 24.4 Å². The van der Waals surface area contributed by atoms with Crippen molar-refractivity contribution in [3.05, 3.63) is 0 Å². The molecular weight excluding hydrogens is 388 g/mol. The second-order valence-electron chi connectivity index (χ2n) is 0. The summed E-state index contributed by atoms with van der Waals surface area (Å²) in [5.41, 5.74) is 0. The van der Waals surface area contributed by atoms with Gasteiger partial charge in [0.05, 0.1) is 0 Å². The number of rotatable bonds is 0. The molecule has 0 aromatic carbocycles. The first-order valence-electron chi connectivity index (χ1n) is 0. The number of halogens is 2. The zero-order chi connectivity index (χ0) is 0. The molecule has 0 aliphatic carbocycles. The summed E-state index contributed by atoms with van der Waals surface area (Å²) in [4.78, 5) is 0. The van der Waals surface area contributed by atoms with Crippen molar-refractivity contribution < 1.29 is 48.0 Å². The van der Waals surface area contributed by atoms with Crippen LogP contribution in [0.2, 0.25) is 0 Å². The van der Waals surface area contributed by atoms with E-state index in [9.17, 15) is 0 Å². The van der Waals surface area contributed by atoms with Gasteiger partial charge in [-0.2, -0.15) is 0 Å². The predicted octanol–water partition coefficient (Wildman–Crippen LogP) is -5.74. The van der Waals surface area contributed by atoms with Crippen LogP contribution in [0.25, 0.3) is 0 Å². The molecule has 0 unspecified atom stereocenters. The summed E-state index contributed by atoms with van der Waals surface area (Å²) in [6.07, 6.45) is 0. The molecule has 0 aliphatic rings. The largest absolute Gasteiger partial charge is 1.00 e. The van der Waals surface area contributed by atoms with E-state index in [1.54, 1.807) is 0 Å². The first kappa shape index (κ1) is 33.7. The Bertz CT molecular complexity index is 6.00. The molecule has 0 rings (SSSR count). The van der Waals surface area contributed by atoms with E-state index >= 15 is 0 Å². The van der Waals surface area contributed by atoms with Crippen LogP contribution in [0.3, 0.4) is 0 Å². The first-order chi connectivity index (χ1) is 0. The van der Waals surface area contributed by atoms with Gasteiger partial charge in [0.15, 0.2) is 0 Å². The maximum atomic E-state index is 0. The Hall–Kier alpha value is 2.28. The molecule has 0 heterocycles. The smallest absolute Gasteiger partial charge is 0 e. The maximum Gasteiger partial charge on any atom is 0 e. The van der Waals surface area contributed by atoms with Crippen LogP contribution in [0, 0.1) is 0 Å². The van der Waals surface area contributed by atoms with Gasteiger partial charge in [0.25, 0.3) is 0 Å². The van der Waals surface area contributed by atoms with Crippen LogP contribution >= 0.6 is 0 Å². The van der Waals surface area contributed by atoms with E-state index in [1.165, 1.54) is 0 Å². The average Bonchev–Trinajstić information content (AvgIpc) is 0. The van der Waals surface area contributed by atoms with Crippen LogP contribution in [0.1, 0.15) is 7.43 Å². The summed E-state index contributed by atoms with van der Waals surface area (Å²) < 4.78 is 0. The van der Waals surface area contributed by atoms with Gasteiger partial charge in [-0.3, -0.25) is 0 Å². The molecule has 0 N–H and O–H groups in total. The SMILES string of the molecule is C.[I-].[I-].[Sb]. The van der Waals surface area contributed by atoms with E-state index in [1.807, 2.05) is 0 Å². The summed E-state index contributed by atoms with van der Waals surface area (Å²) in [5, 5.41) is 0. The molecule has 0 aromatic rings. The summed E-state index contributed by atoms with van der Waals surface area (Å²) in [5.74, 6) is 0. The fraction of sp³-hybridized carbons (Fsp3) is 1.00. The van der Waals surface area contributed by atoms with Gasteiger partial charge in [-0.15, -0.1) is 0 Å². The zero-order valence-electron chi connectivity index (χ0n) is 1.20. The monoisotopic (exact) mass is 391 g/mol. The summed E-state index contributed by atoms with van der Waals surface area (Å²) >= 11 is 0. The minimum absolute atomic E-state index is 0. The molecule has 3 heteroatoms. The third-order valence-corrected chi connectivity index (χ3v) is 0. The van der Waals surface area contributed by atoms with Crippen molar-refractivity contribution in [2.45, 2.75) is 7.43 Å². The molecule has 0 spiro atoms. The van der Waals surface area contributed by atoms with E-state index in [4.69, 9.17) is 0 Å². The molecule has 0 bridgehead atoms. The maximum absolute atomic E-state index is 0. The van der Waals surface area contributed by atoms with Crippen LogP contribution in [0.4, 0.5) is 0 Å². The van der Waals surface area contributed by atoms with Crippen LogP contribution in [0.15, 0.2) is 0 Å². The van der Waals surface area contributed by atoms with Crippen LogP contribution in [0.5, 0.6) is 0 Å².